The molecule has 0 fully saturated rings. The number of nitrogens with one attached hydrogen (secondary N) is 2. The lowest BCUT2D eigenvalue weighted by Crippen LogP contribution is -2.19. The summed E-state index contributed by atoms with van der Waals surface area (Å²) in [5.41, 5.74) is 0. The Bertz CT molecular complexity index is 297. The van der Waals surface area contributed by atoms with Crippen molar-refractivity contribution in [2.24, 2.45) is 5.92 Å². The number of aromatic nitrogens is 2. The maximum Gasteiger partial charge on any atom is 0.228 e. The molecule has 2 N–H and O–H groups in total. The van der Waals surface area contributed by atoms with E-state index in [0.717, 1.165) is 6.42 Å². The number of carbonyl (C=O) groups excluding carboxylic acids is 1. The van der Waals surface area contributed by atoms with Gasteiger partial charge >= 0.3 is 0 Å². The van der Waals surface area contributed by atoms with Crippen LogP contribution >= 0.6 is 11.6 Å². The zero-order chi connectivity index (χ0) is 9.84. The lowest BCUT2D eigenvalue weighted by molar-refractivity contribution is -0.119. The lowest BCUT2D eigenvalue weighted by atomic mass is 10.1. The second kappa shape index (κ2) is 4.28. The highest BCUT2D eigenvalue weighted by Gasteiger charge is 2.11. The van der Waals surface area contributed by atoms with Crippen molar-refractivity contribution in [3.8, 4) is 0 Å². The Morgan fingerprint density at radius 2 is 2.54 bits per heavy atom. The molecule has 1 atom stereocenters. The molecule has 0 aliphatic carbocycles. The van der Waals surface area contributed by atoms with Gasteiger partial charge in [-0.3, -0.25) is 9.89 Å². The van der Waals surface area contributed by atoms with E-state index < -0.39 is 0 Å². The van der Waals surface area contributed by atoms with Crippen LogP contribution in [0.25, 0.3) is 0 Å². The molecule has 0 aliphatic rings. The first-order valence-electron chi connectivity index (χ1n) is 4.15. The highest BCUT2D eigenvalue weighted by atomic mass is 35.5. The average Bonchev–Trinajstić information content (AvgIpc) is 2.49. The lowest BCUT2D eigenvalue weighted by Gasteiger charge is -2.06. The van der Waals surface area contributed by atoms with Crippen LogP contribution in [0.15, 0.2) is 6.07 Å². The number of H-pyrrole nitrogens is 1. The summed E-state index contributed by atoms with van der Waals surface area (Å²) in [4.78, 5) is 11.3. The van der Waals surface area contributed by atoms with Crippen molar-refractivity contribution in [3.05, 3.63) is 11.2 Å². The first-order valence-corrected chi connectivity index (χ1v) is 4.53. The smallest absolute Gasteiger partial charge is 0.228 e. The Morgan fingerprint density at radius 3 is 3.00 bits per heavy atom. The maximum absolute atomic E-state index is 11.3. The Kier molecular flexibility index (Phi) is 3.31. The molecule has 0 aromatic carbocycles. The number of anilines is 1. The fraction of sp³-hybridized carbons (Fsp3) is 0.500. The van der Waals surface area contributed by atoms with Crippen LogP contribution in [0.3, 0.4) is 0 Å². The first-order chi connectivity index (χ1) is 6.13. The number of amides is 1. The summed E-state index contributed by atoms with van der Waals surface area (Å²) in [6.07, 6.45) is 0.810. The Morgan fingerprint density at radius 1 is 1.85 bits per heavy atom. The number of nitrogens with zero attached hydrogens (tertiary/aromatic N) is 1. The van der Waals surface area contributed by atoms with Gasteiger partial charge in [-0.1, -0.05) is 25.4 Å². The van der Waals surface area contributed by atoms with Crippen molar-refractivity contribution in [1.82, 2.24) is 10.2 Å². The largest absolute Gasteiger partial charge is 0.309 e. The molecule has 0 spiro atoms. The highest BCUT2D eigenvalue weighted by molar-refractivity contribution is 6.29. The first kappa shape index (κ1) is 10.1. The van der Waals surface area contributed by atoms with Crippen molar-refractivity contribution in [1.29, 1.82) is 0 Å². The number of hydrogen-bond acceptors (Lipinski definition) is 2. The number of hydrogen-bond donors (Lipinski definition) is 2. The van der Waals surface area contributed by atoms with Gasteiger partial charge in [-0.15, -0.1) is 0 Å². The van der Waals surface area contributed by atoms with E-state index in [1.165, 1.54) is 0 Å². The summed E-state index contributed by atoms with van der Waals surface area (Å²) < 4.78 is 0. The van der Waals surface area contributed by atoms with Gasteiger partial charge in [0.05, 0.1) is 0 Å². The van der Waals surface area contributed by atoms with E-state index in [2.05, 4.69) is 15.5 Å². The third kappa shape index (κ3) is 2.73. The molecule has 1 heterocycles. The second-order valence-electron chi connectivity index (χ2n) is 2.90. The third-order valence-electron chi connectivity index (χ3n) is 1.86. The standard InChI is InChI=1S/C8H12ClN3O/c1-3-5(2)8(13)10-7-4-6(9)11-12-7/h4-5H,3H2,1-2H3,(H2,10,11,12,13). The minimum atomic E-state index is -0.0364. The molecule has 13 heavy (non-hydrogen) atoms. The highest BCUT2D eigenvalue weighted by Crippen LogP contribution is 2.11. The van der Waals surface area contributed by atoms with Crippen LogP contribution in [0, 0.1) is 5.92 Å². The quantitative estimate of drug-likeness (QED) is 0.787. The van der Waals surface area contributed by atoms with Gasteiger partial charge in [0.1, 0.15) is 5.15 Å². The molecule has 72 valence electrons. The van der Waals surface area contributed by atoms with E-state index in [1.807, 2.05) is 13.8 Å². The van der Waals surface area contributed by atoms with Gasteiger partial charge in [0.15, 0.2) is 5.82 Å². The van der Waals surface area contributed by atoms with E-state index in [-0.39, 0.29) is 11.8 Å². The summed E-state index contributed by atoms with van der Waals surface area (Å²) >= 11 is 5.59. The molecule has 1 aromatic rings. The van der Waals surface area contributed by atoms with Crippen LogP contribution in [0.2, 0.25) is 5.15 Å². The Balaban J connectivity index is 2.54. The molecule has 5 heteroatoms. The van der Waals surface area contributed by atoms with E-state index in [0.29, 0.717) is 11.0 Å². The number of rotatable bonds is 3. The van der Waals surface area contributed by atoms with Gasteiger partial charge in [-0.05, 0) is 6.42 Å². The van der Waals surface area contributed by atoms with Gasteiger partial charge in [0.25, 0.3) is 0 Å². The SMILES string of the molecule is CCC(C)C(=O)Nc1cc(Cl)[nH]n1. The number of halogens is 1. The van der Waals surface area contributed by atoms with Gasteiger partial charge in [-0.2, -0.15) is 5.10 Å². The Labute approximate surface area is 81.7 Å². The van der Waals surface area contributed by atoms with Crippen molar-refractivity contribution >= 4 is 23.3 Å². The maximum atomic E-state index is 11.3. The fourth-order valence-electron chi connectivity index (χ4n) is 0.797. The summed E-state index contributed by atoms with van der Waals surface area (Å²) in [6, 6.07) is 1.57. The molecular formula is C8H12ClN3O. The molecular weight excluding hydrogens is 190 g/mol. The van der Waals surface area contributed by atoms with Crippen LogP contribution in [0.1, 0.15) is 20.3 Å². The molecule has 0 saturated carbocycles. The molecule has 0 aliphatic heterocycles. The molecule has 1 unspecified atom stereocenters. The third-order valence-corrected chi connectivity index (χ3v) is 2.05. The van der Waals surface area contributed by atoms with Gasteiger partial charge in [0, 0.05) is 12.0 Å². The van der Waals surface area contributed by atoms with Crippen molar-refractivity contribution in [2.45, 2.75) is 20.3 Å². The van der Waals surface area contributed by atoms with Crippen LogP contribution < -0.4 is 5.32 Å². The summed E-state index contributed by atoms with van der Waals surface area (Å²) in [6.45, 7) is 3.82. The zero-order valence-corrected chi connectivity index (χ0v) is 8.35. The molecule has 0 saturated heterocycles. The molecule has 0 radical (unpaired) electrons. The molecule has 1 aromatic heterocycles. The van der Waals surface area contributed by atoms with Crippen LogP contribution in [0.4, 0.5) is 5.82 Å². The second-order valence-corrected chi connectivity index (χ2v) is 3.31. The van der Waals surface area contributed by atoms with Crippen molar-refractivity contribution < 1.29 is 4.79 Å². The monoisotopic (exact) mass is 201 g/mol. The van der Waals surface area contributed by atoms with Gasteiger partial charge in [-0.25, -0.2) is 0 Å². The number of aromatic amines is 1. The topological polar surface area (TPSA) is 57.8 Å². The summed E-state index contributed by atoms with van der Waals surface area (Å²) in [5, 5.41) is 9.38. The van der Waals surface area contributed by atoms with Crippen LogP contribution in [-0.2, 0) is 4.79 Å². The predicted molar refractivity (Wildman–Crippen MR) is 51.7 cm³/mol. The van der Waals surface area contributed by atoms with E-state index in [9.17, 15) is 4.79 Å². The Hall–Kier alpha value is -1.03. The summed E-state index contributed by atoms with van der Waals surface area (Å²) in [7, 11) is 0. The normalized spacial score (nSPS) is 12.5. The molecule has 4 nitrogen and oxygen atoms in total. The van der Waals surface area contributed by atoms with E-state index in [1.54, 1.807) is 6.07 Å². The molecule has 1 rings (SSSR count). The summed E-state index contributed by atoms with van der Waals surface area (Å²) in [5.74, 6) is 0.427. The predicted octanol–water partition coefficient (Wildman–Crippen LogP) is 2.05. The van der Waals surface area contributed by atoms with Gasteiger partial charge in [0.2, 0.25) is 5.91 Å². The van der Waals surface area contributed by atoms with Crippen LogP contribution in [-0.4, -0.2) is 16.1 Å². The van der Waals surface area contributed by atoms with Crippen molar-refractivity contribution in [2.75, 3.05) is 5.32 Å². The number of carbonyl (C=O) groups is 1. The van der Waals surface area contributed by atoms with E-state index >= 15 is 0 Å². The van der Waals surface area contributed by atoms with Crippen LogP contribution in [0.5, 0.6) is 0 Å². The van der Waals surface area contributed by atoms with E-state index in [4.69, 9.17) is 11.6 Å². The zero-order valence-electron chi connectivity index (χ0n) is 7.60. The minimum Gasteiger partial charge on any atom is -0.309 e. The van der Waals surface area contributed by atoms with Crippen molar-refractivity contribution in [3.63, 3.8) is 0 Å². The van der Waals surface area contributed by atoms with Gasteiger partial charge < -0.3 is 5.32 Å². The molecule has 1 amide bonds. The fourth-order valence-corrected chi connectivity index (χ4v) is 0.943. The minimum absolute atomic E-state index is 0.00419. The average molecular weight is 202 g/mol. The molecule has 0 bridgehead atoms.